The monoisotopic (exact) mass is 385 g/mol. The molecule has 4 nitrogen and oxygen atoms in total. The van der Waals surface area contributed by atoms with Crippen molar-refractivity contribution < 1.29 is 4.74 Å². The number of benzene rings is 1. The summed E-state index contributed by atoms with van der Waals surface area (Å²) < 4.78 is 5.50. The van der Waals surface area contributed by atoms with Crippen molar-refractivity contribution in [1.82, 2.24) is 14.8 Å². The molecule has 1 aromatic heterocycles. The van der Waals surface area contributed by atoms with Gasteiger partial charge < -0.3 is 14.5 Å². The second-order valence-electron chi connectivity index (χ2n) is 7.95. The second kappa shape index (κ2) is 8.72. The van der Waals surface area contributed by atoms with Crippen LogP contribution in [0.15, 0.2) is 29.6 Å². The van der Waals surface area contributed by atoms with Gasteiger partial charge in [0.15, 0.2) is 0 Å². The van der Waals surface area contributed by atoms with Crippen LogP contribution in [0, 0.1) is 0 Å². The van der Waals surface area contributed by atoms with Gasteiger partial charge >= 0.3 is 0 Å². The zero-order valence-electron chi connectivity index (χ0n) is 16.6. The summed E-state index contributed by atoms with van der Waals surface area (Å²) in [5.74, 6) is 1.52. The zero-order valence-corrected chi connectivity index (χ0v) is 17.4. The minimum atomic E-state index is 0.615. The molecule has 1 atom stereocenters. The quantitative estimate of drug-likeness (QED) is 0.733. The smallest absolute Gasteiger partial charge is 0.128 e. The van der Waals surface area contributed by atoms with Crippen LogP contribution in [0.25, 0.3) is 11.3 Å². The Labute approximate surface area is 167 Å². The number of aromatic nitrogens is 1. The van der Waals surface area contributed by atoms with Crippen LogP contribution >= 0.6 is 11.3 Å². The van der Waals surface area contributed by atoms with Crippen molar-refractivity contribution in [2.75, 3.05) is 40.3 Å². The fraction of sp³-hybridized carbons (Fsp3) is 0.591. The van der Waals surface area contributed by atoms with E-state index in [-0.39, 0.29) is 0 Å². The van der Waals surface area contributed by atoms with Gasteiger partial charge in [0.25, 0.3) is 0 Å². The predicted molar refractivity (Wildman–Crippen MR) is 113 cm³/mol. The van der Waals surface area contributed by atoms with Gasteiger partial charge in [-0.05, 0) is 77.5 Å². The van der Waals surface area contributed by atoms with E-state index in [4.69, 9.17) is 9.72 Å². The van der Waals surface area contributed by atoms with Crippen molar-refractivity contribution in [3.05, 3.63) is 34.7 Å². The third-order valence-corrected chi connectivity index (χ3v) is 7.30. The van der Waals surface area contributed by atoms with E-state index in [0.717, 1.165) is 23.0 Å². The molecule has 0 bridgehead atoms. The van der Waals surface area contributed by atoms with E-state index in [0.29, 0.717) is 5.92 Å². The topological polar surface area (TPSA) is 28.6 Å². The van der Waals surface area contributed by atoms with Crippen molar-refractivity contribution in [3.63, 3.8) is 0 Å². The Kier molecular flexibility index (Phi) is 6.11. The molecule has 2 fully saturated rings. The number of rotatable bonds is 6. The van der Waals surface area contributed by atoms with Crippen molar-refractivity contribution in [1.29, 1.82) is 0 Å². The molecule has 2 aliphatic rings. The molecule has 5 heteroatoms. The minimum absolute atomic E-state index is 0.615. The van der Waals surface area contributed by atoms with E-state index in [1.54, 1.807) is 7.11 Å². The average molecular weight is 386 g/mol. The lowest BCUT2D eigenvalue weighted by Crippen LogP contribution is -2.36. The van der Waals surface area contributed by atoms with Crippen LogP contribution in [-0.2, 0) is 0 Å². The van der Waals surface area contributed by atoms with E-state index >= 15 is 0 Å². The SMILES string of the molecule is COc1ccccc1-c1csc(C2CCN(CC[C@H]3CCCN3C)CC2)n1. The van der Waals surface area contributed by atoms with Crippen LogP contribution in [0.2, 0.25) is 0 Å². The third kappa shape index (κ3) is 4.36. The van der Waals surface area contributed by atoms with E-state index in [2.05, 4.69) is 34.4 Å². The lowest BCUT2D eigenvalue weighted by atomic mass is 9.97. The van der Waals surface area contributed by atoms with E-state index in [1.807, 2.05) is 23.5 Å². The van der Waals surface area contributed by atoms with Gasteiger partial charge in [0.1, 0.15) is 5.75 Å². The molecule has 0 saturated carbocycles. The molecule has 2 aromatic rings. The molecule has 146 valence electrons. The summed E-state index contributed by atoms with van der Waals surface area (Å²) in [6.07, 6.45) is 6.56. The molecule has 1 aromatic carbocycles. The van der Waals surface area contributed by atoms with Gasteiger partial charge in [-0.2, -0.15) is 0 Å². The molecule has 4 rings (SSSR count). The summed E-state index contributed by atoms with van der Waals surface area (Å²) in [7, 11) is 4.01. The van der Waals surface area contributed by atoms with E-state index in [1.165, 1.54) is 63.3 Å². The van der Waals surface area contributed by atoms with Crippen LogP contribution < -0.4 is 4.74 Å². The van der Waals surface area contributed by atoms with Crippen molar-refractivity contribution in [3.8, 4) is 17.0 Å². The van der Waals surface area contributed by atoms with Crippen LogP contribution in [-0.4, -0.2) is 61.2 Å². The van der Waals surface area contributed by atoms with Gasteiger partial charge in [0.2, 0.25) is 0 Å². The molecule has 0 amide bonds. The summed E-state index contributed by atoms with van der Waals surface area (Å²) >= 11 is 1.81. The summed E-state index contributed by atoms with van der Waals surface area (Å²) in [4.78, 5) is 10.2. The number of thiazole rings is 1. The Morgan fingerprint density at radius 1 is 1.15 bits per heavy atom. The average Bonchev–Trinajstić information content (AvgIpc) is 3.36. The molecule has 0 radical (unpaired) electrons. The van der Waals surface area contributed by atoms with Gasteiger partial charge in [-0.3, -0.25) is 0 Å². The number of para-hydroxylation sites is 1. The number of likely N-dealkylation sites (tertiary alicyclic amines) is 2. The number of ether oxygens (including phenoxy) is 1. The zero-order chi connectivity index (χ0) is 18.6. The fourth-order valence-corrected chi connectivity index (χ4v) is 5.53. The van der Waals surface area contributed by atoms with Gasteiger partial charge in [-0.25, -0.2) is 4.98 Å². The molecular weight excluding hydrogens is 354 g/mol. The molecule has 0 N–H and O–H groups in total. The highest BCUT2D eigenvalue weighted by Crippen LogP contribution is 2.35. The largest absolute Gasteiger partial charge is 0.496 e. The maximum Gasteiger partial charge on any atom is 0.128 e. The lowest BCUT2D eigenvalue weighted by Gasteiger charge is -2.32. The highest BCUT2D eigenvalue weighted by Gasteiger charge is 2.25. The number of hydrogen-bond acceptors (Lipinski definition) is 5. The number of piperidine rings is 1. The maximum atomic E-state index is 5.50. The van der Waals surface area contributed by atoms with Gasteiger partial charge in [-0.15, -0.1) is 11.3 Å². The van der Waals surface area contributed by atoms with Crippen molar-refractivity contribution >= 4 is 11.3 Å². The first-order valence-electron chi connectivity index (χ1n) is 10.3. The lowest BCUT2D eigenvalue weighted by molar-refractivity contribution is 0.186. The number of methoxy groups -OCH3 is 1. The molecule has 0 unspecified atom stereocenters. The standard InChI is InChI=1S/C22H31N3OS/c1-24-12-5-6-18(24)11-15-25-13-9-17(10-14-25)22-23-20(16-27-22)19-7-3-4-8-21(19)26-2/h3-4,7-8,16-18H,5-6,9-15H2,1-2H3/t18-/m1/s1. The van der Waals surface area contributed by atoms with Crippen molar-refractivity contribution in [2.45, 2.75) is 44.1 Å². The highest BCUT2D eigenvalue weighted by molar-refractivity contribution is 7.10. The predicted octanol–water partition coefficient (Wildman–Crippen LogP) is 4.48. The number of hydrogen-bond donors (Lipinski definition) is 0. The maximum absolute atomic E-state index is 5.50. The van der Waals surface area contributed by atoms with E-state index in [9.17, 15) is 0 Å². The van der Waals surface area contributed by atoms with Crippen LogP contribution in [0.5, 0.6) is 5.75 Å². The summed E-state index contributed by atoms with van der Waals surface area (Å²) in [5, 5.41) is 3.49. The van der Waals surface area contributed by atoms with Gasteiger partial charge in [0.05, 0.1) is 17.8 Å². The van der Waals surface area contributed by atoms with Gasteiger partial charge in [-0.1, -0.05) is 12.1 Å². The first-order valence-corrected chi connectivity index (χ1v) is 11.1. The third-order valence-electron chi connectivity index (χ3n) is 6.29. The Morgan fingerprint density at radius 2 is 1.96 bits per heavy atom. The van der Waals surface area contributed by atoms with Crippen LogP contribution in [0.1, 0.15) is 43.0 Å². The van der Waals surface area contributed by atoms with Crippen molar-refractivity contribution in [2.24, 2.45) is 0 Å². The normalized spacial score (nSPS) is 22.4. The van der Waals surface area contributed by atoms with E-state index < -0.39 is 0 Å². The van der Waals surface area contributed by atoms with Crippen LogP contribution in [0.3, 0.4) is 0 Å². The van der Waals surface area contributed by atoms with Crippen LogP contribution in [0.4, 0.5) is 0 Å². The minimum Gasteiger partial charge on any atom is -0.496 e. The molecule has 3 heterocycles. The first-order chi connectivity index (χ1) is 13.2. The molecule has 27 heavy (non-hydrogen) atoms. The summed E-state index contributed by atoms with van der Waals surface area (Å²) in [5.41, 5.74) is 2.15. The molecule has 2 saturated heterocycles. The second-order valence-corrected chi connectivity index (χ2v) is 8.84. The Morgan fingerprint density at radius 3 is 2.70 bits per heavy atom. The highest BCUT2D eigenvalue weighted by atomic mass is 32.1. The molecule has 2 aliphatic heterocycles. The molecule has 0 aliphatic carbocycles. The summed E-state index contributed by atoms with van der Waals surface area (Å²) in [6.45, 7) is 4.97. The summed E-state index contributed by atoms with van der Waals surface area (Å²) in [6, 6.07) is 8.98. The van der Waals surface area contributed by atoms with Gasteiger partial charge in [0, 0.05) is 22.9 Å². The Balaban J connectivity index is 1.32. The Bertz CT molecular complexity index is 739. The number of nitrogens with zero attached hydrogens (tertiary/aromatic N) is 3. The fourth-order valence-electron chi connectivity index (χ4n) is 4.53. The molecular formula is C22H31N3OS. The first kappa shape index (κ1) is 18.9. The molecule has 0 spiro atoms. The Hall–Kier alpha value is -1.43.